The fourth-order valence-corrected chi connectivity index (χ4v) is 7.17. The zero-order valence-electron chi connectivity index (χ0n) is 33.2. The van der Waals surface area contributed by atoms with Gasteiger partial charge in [0.05, 0.1) is 24.2 Å². The van der Waals surface area contributed by atoms with Crippen molar-refractivity contribution in [3.63, 3.8) is 0 Å². The lowest BCUT2D eigenvalue weighted by Gasteiger charge is -2.21. The van der Waals surface area contributed by atoms with Crippen molar-refractivity contribution >= 4 is 33.7 Å². The number of carbonyl (C=O) groups excluding carboxylic acids is 2. The van der Waals surface area contributed by atoms with Gasteiger partial charge in [0, 0.05) is 47.1 Å². The third-order valence-electron chi connectivity index (χ3n) is 10.00. The van der Waals surface area contributed by atoms with E-state index in [-0.39, 0.29) is 23.8 Å². The van der Waals surface area contributed by atoms with Crippen molar-refractivity contribution < 1.29 is 28.5 Å². The van der Waals surface area contributed by atoms with E-state index in [2.05, 4.69) is 47.2 Å². The zero-order chi connectivity index (χ0) is 37.6. The normalized spacial score (nSPS) is 12.9. The van der Waals surface area contributed by atoms with Crippen LogP contribution in [0.1, 0.15) is 117 Å². The first-order valence-electron chi connectivity index (χ1n) is 19.9. The van der Waals surface area contributed by atoms with Crippen LogP contribution in [0.25, 0.3) is 21.8 Å². The van der Waals surface area contributed by atoms with Crippen LogP contribution >= 0.6 is 0 Å². The third kappa shape index (κ3) is 10.8. The fourth-order valence-electron chi connectivity index (χ4n) is 7.17. The molecule has 2 atom stereocenters. The molecule has 0 amide bonds. The molecule has 4 aromatic rings. The number of hydrogen-bond donors (Lipinski definition) is 0. The molecule has 2 heterocycles. The van der Waals surface area contributed by atoms with Gasteiger partial charge in [0.2, 0.25) is 0 Å². The Morgan fingerprint density at radius 2 is 0.904 bits per heavy atom. The van der Waals surface area contributed by atoms with Gasteiger partial charge in [0.25, 0.3) is 0 Å². The maximum atomic E-state index is 12.5. The van der Waals surface area contributed by atoms with E-state index in [1.807, 2.05) is 65.8 Å². The Morgan fingerprint density at radius 3 is 1.23 bits per heavy atom. The lowest BCUT2D eigenvalue weighted by atomic mass is 10.1. The molecule has 52 heavy (non-hydrogen) atoms. The summed E-state index contributed by atoms with van der Waals surface area (Å²) in [5.41, 5.74) is 4.75. The molecule has 0 radical (unpaired) electrons. The molecule has 8 nitrogen and oxygen atoms in total. The van der Waals surface area contributed by atoms with Gasteiger partial charge in [0.15, 0.2) is 12.2 Å². The Bertz CT molecular complexity index is 1590. The molecule has 286 valence electrons. The van der Waals surface area contributed by atoms with Crippen LogP contribution < -0.4 is 9.47 Å². The summed E-state index contributed by atoms with van der Waals surface area (Å²) in [7, 11) is 0. The number of unbranched alkanes of at least 4 members (excludes halogenated alkanes) is 9. The Balaban J connectivity index is 1.14. The predicted molar refractivity (Wildman–Crippen MR) is 211 cm³/mol. The summed E-state index contributed by atoms with van der Waals surface area (Å²) in [6, 6.07) is 16.6. The number of hydrogen-bond acceptors (Lipinski definition) is 6. The second kappa shape index (κ2) is 20.3. The molecule has 0 aliphatic carbocycles. The van der Waals surface area contributed by atoms with Crippen LogP contribution in [0.5, 0.6) is 11.5 Å². The Kier molecular flexibility index (Phi) is 16.0. The third-order valence-corrected chi connectivity index (χ3v) is 10.00. The van der Waals surface area contributed by atoms with Crippen molar-refractivity contribution in [2.75, 3.05) is 13.2 Å². The summed E-state index contributed by atoms with van der Waals surface area (Å²) >= 11 is 0. The monoisotopic (exact) mass is 716 g/mol. The Labute approximate surface area is 312 Å². The summed E-state index contributed by atoms with van der Waals surface area (Å²) < 4.78 is 27.8. The maximum Gasteiger partial charge on any atom is 0.347 e. The van der Waals surface area contributed by atoms with Crippen molar-refractivity contribution in [1.29, 1.82) is 0 Å². The van der Waals surface area contributed by atoms with Gasteiger partial charge in [-0.2, -0.15) is 0 Å². The van der Waals surface area contributed by atoms with Crippen LogP contribution in [0.4, 0.5) is 0 Å². The summed E-state index contributed by atoms with van der Waals surface area (Å²) in [6.45, 7) is 18.6. The smallest absolute Gasteiger partial charge is 0.347 e. The van der Waals surface area contributed by atoms with E-state index < -0.39 is 12.2 Å². The number of benzene rings is 2. The van der Waals surface area contributed by atoms with E-state index >= 15 is 0 Å². The van der Waals surface area contributed by atoms with Gasteiger partial charge in [0.1, 0.15) is 11.5 Å². The highest BCUT2D eigenvalue weighted by atomic mass is 16.6. The maximum absolute atomic E-state index is 12.5. The van der Waals surface area contributed by atoms with Gasteiger partial charge < -0.3 is 28.1 Å². The van der Waals surface area contributed by atoms with Crippen molar-refractivity contribution in [2.24, 2.45) is 11.8 Å². The fraction of sp³-hybridized carbons (Fsp3) is 0.591. The SMILES string of the molecule is CCOC(=O)C(Oc1cccc2c1cc(C)n2CCCCCCCCCCCCn1c(C)cc2c(OC(C(=O)OCC)C(C)C)cccc21)C(C)C. The molecule has 2 aromatic heterocycles. The van der Waals surface area contributed by atoms with Gasteiger partial charge in [-0.25, -0.2) is 9.59 Å². The highest BCUT2D eigenvalue weighted by Gasteiger charge is 2.28. The topological polar surface area (TPSA) is 80.9 Å². The first-order chi connectivity index (χ1) is 25.1. The second-order valence-electron chi connectivity index (χ2n) is 14.9. The lowest BCUT2D eigenvalue weighted by molar-refractivity contribution is -0.154. The second-order valence-corrected chi connectivity index (χ2v) is 14.9. The number of nitrogens with zero attached hydrogens (tertiary/aromatic N) is 2. The van der Waals surface area contributed by atoms with Crippen LogP contribution in [-0.2, 0) is 32.2 Å². The molecule has 2 aromatic carbocycles. The number of aromatic nitrogens is 2. The van der Waals surface area contributed by atoms with Gasteiger partial charge >= 0.3 is 11.9 Å². The molecule has 0 bridgehead atoms. The molecule has 0 N–H and O–H groups in total. The van der Waals surface area contributed by atoms with Crippen LogP contribution in [0.2, 0.25) is 0 Å². The molecule has 0 aliphatic heterocycles. The molecule has 0 spiro atoms. The van der Waals surface area contributed by atoms with Crippen molar-refractivity contribution in [1.82, 2.24) is 9.13 Å². The van der Waals surface area contributed by atoms with Crippen LogP contribution in [0.3, 0.4) is 0 Å². The summed E-state index contributed by atoms with van der Waals surface area (Å²) in [5, 5.41) is 2.11. The van der Waals surface area contributed by atoms with Crippen molar-refractivity contribution in [3.8, 4) is 11.5 Å². The quantitative estimate of drug-likeness (QED) is 0.0561. The molecule has 8 heteroatoms. The lowest BCUT2D eigenvalue weighted by Crippen LogP contribution is -2.34. The number of ether oxygens (including phenoxy) is 4. The van der Waals surface area contributed by atoms with E-state index in [4.69, 9.17) is 18.9 Å². The van der Waals surface area contributed by atoms with Gasteiger partial charge in [-0.15, -0.1) is 0 Å². The summed E-state index contributed by atoms with van der Waals surface area (Å²) in [4.78, 5) is 25.0. The van der Waals surface area contributed by atoms with Gasteiger partial charge in [-0.3, -0.25) is 0 Å². The highest BCUT2D eigenvalue weighted by molar-refractivity contribution is 5.89. The molecular formula is C44H64N2O6. The largest absolute Gasteiger partial charge is 0.478 e. The minimum atomic E-state index is -0.621. The molecule has 2 unspecified atom stereocenters. The number of rotatable bonds is 23. The standard InChI is InChI=1S/C44H64N2O6/c1-9-49-43(47)41(31(3)4)51-39-25-21-23-37-35(39)29-33(7)45(37)27-19-17-15-13-11-12-14-16-18-20-28-46-34(8)30-36-38(46)24-22-26-40(36)52-42(32(5)6)44(48)50-10-2/h21-26,29-32,41-42H,9-20,27-28H2,1-8H3. The van der Waals surface area contributed by atoms with E-state index in [9.17, 15) is 9.59 Å². The summed E-state index contributed by atoms with van der Waals surface area (Å²) in [5.74, 6) is 0.899. The van der Waals surface area contributed by atoms with Gasteiger partial charge in [-0.1, -0.05) is 91.2 Å². The molecular weight excluding hydrogens is 652 g/mol. The molecule has 0 fully saturated rings. The minimum absolute atomic E-state index is 0.0134. The number of carbonyl (C=O) groups is 2. The summed E-state index contributed by atoms with van der Waals surface area (Å²) in [6.07, 6.45) is 11.2. The van der Waals surface area contributed by atoms with Crippen LogP contribution in [0, 0.1) is 25.7 Å². The highest BCUT2D eigenvalue weighted by Crippen LogP contribution is 2.32. The van der Waals surface area contributed by atoms with Crippen LogP contribution in [0.15, 0.2) is 48.5 Å². The van der Waals surface area contributed by atoms with Crippen LogP contribution in [-0.4, -0.2) is 46.5 Å². The molecule has 0 saturated carbocycles. The van der Waals surface area contributed by atoms with Crippen molar-refractivity contribution in [3.05, 3.63) is 59.9 Å². The predicted octanol–water partition coefficient (Wildman–Crippen LogP) is 10.7. The van der Waals surface area contributed by atoms with Crippen molar-refractivity contribution in [2.45, 2.75) is 145 Å². The first-order valence-corrected chi connectivity index (χ1v) is 19.9. The first kappa shape index (κ1) is 40.8. The van der Waals surface area contributed by atoms with E-state index in [0.29, 0.717) is 13.2 Å². The number of esters is 2. The Morgan fingerprint density at radius 1 is 0.558 bits per heavy atom. The zero-order valence-corrected chi connectivity index (χ0v) is 33.2. The minimum Gasteiger partial charge on any atom is -0.478 e. The van der Waals surface area contributed by atoms with Gasteiger partial charge in [-0.05, 0) is 76.9 Å². The number of aryl methyl sites for hydroxylation is 4. The Hall–Kier alpha value is -3.94. The molecule has 4 rings (SSSR count). The average molecular weight is 717 g/mol. The molecule has 0 aliphatic rings. The van der Waals surface area contributed by atoms with E-state index in [1.54, 1.807) is 0 Å². The van der Waals surface area contributed by atoms with E-state index in [0.717, 1.165) is 59.2 Å². The average Bonchev–Trinajstić information content (AvgIpc) is 3.61. The number of fused-ring (bicyclic) bond motifs is 2. The van der Waals surface area contributed by atoms with E-state index in [1.165, 1.54) is 62.8 Å². The molecule has 0 saturated heterocycles.